The van der Waals surface area contributed by atoms with Crippen LogP contribution < -0.4 is 4.90 Å². The van der Waals surface area contributed by atoms with Crippen molar-refractivity contribution in [2.75, 3.05) is 11.9 Å². The Morgan fingerprint density at radius 1 is 0.952 bits per heavy atom. The van der Waals surface area contributed by atoms with Crippen LogP contribution >= 0.6 is 11.6 Å². The van der Waals surface area contributed by atoms with Crippen LogP contribution in [0, 0.1) is 6.92 Å². The molecule has 0 unspecified atom stereocenters. The lowest BCUT2D eigenvalue weighted by atomic mass is 10.1. The average Bonchev–Trinajstić information content (AvgIpc) is 2.50. The third-order valence-corrected chi connectivity index (χ3v) is 3.93. The zero-order valence-corrected chi connectivity index (χ0v) is 12.8. The van der Waals surface area contributed by atoms with Crippen molar-refractivity contribution >= 4 is 28.2 Å². The lowest BCUT2D eigenvalue weighted by Crippen LogP contribution is -2.19. The van der Waals surface area contributed by atoms with Gasteiger partial charge in [-0.3, -0.25) is 0 Å². The fourth-order valence-corrected chi connectivity index (χ4v) is 2.66. The van der Waals surface area contributed by atoms with Crippen LogP contribution in [0.1, 0.15) is 11.1 Å². The first-order chi connectivity index (χ1) is 10.2. The van der Waals surface area contributed by atoms with Crippen molar-refractivity contribution in [3.63, 3.8) is 0 Å². The van der Waals surface area contributed by atoms with E-state index in [1.54, 1.807) is 0 Å². The summed E-state index contributed by atoms with van der Waals surface area (Å²) in [5.74, 6) is 0.846. The highest BCUT2D eigenvalue weighted by Gasteiger charge is 2.12. The summed E-state index contributed by atoms with van der Waals surface area (Å²) in [6.45, 7) is 2.90. The minimum Gasteiger partial charge on any atom is -0.353 e. The number of aryl methyl sites for hydroxylation is 1. The predicted octanol–water partition coefficient (Wildman–Crippen LogP) is 4.23. The Hall–Kier alpha value is -2.13. The summed E-state index contributed by atoms with van der Waals surface area (Å²) < 4.78 is 0. The molecule has 0 amide bonds. The molecule has 0 bridgehead atoms. The third kappa shape index (κ3) is 2.69. The summed E-state index contributed by atoms with van der Waals surface area (Å²) in [4.78, 5) is 2.11. The molecule has 21 heavy (non-hydrogen) atoms. The lowest BCUT2D eigenvalue weighted by Gasteiger charge is -2.20. The van der Waals surface area contributed by atoms with Gasteiger partial charge in [-0.05, 0) is 18.1 Å². The topological polar surface area (TPSA) is 29.0 Å². The van der Waals surface area contributed by atoms with Gasteiger partial charge in [0.05, 0.1) is 0 Å². The van der Waals surface area contributed by atoms with Crippen molar-refractivity contribution in [3.05, 3.63) is 64.8 Å². The standard InChI is InChI=1S/C17H16ClN3/c1-12-7-3-4-8-13(12)11-21(2)17-15-10-6-5-9-14(15)16(18)19-20-17/h3-10H,11H2,1-2H3. The summed E-state index contributed by atoms with van der Waals surface area (Å²) >= 11 is 6.13. The van der Waals surface area contributed by atoms with E-state index in [2.05, 4.69) is 46.3 Å². The summed E-state index contributed by atoms with van der Waals surface area (Å²) in [5.41, 5.74) is 2.55. The molecular formula is C17H16ClN3. The second-order valence-electron chi connectivity index (χ2n) is 5.14. The molecule has 0 fully saturated rings. The second kappa shape index (κ2) is 5.70. The van der Waals surface area contributed by atoms with Crippen molar-refractivity contribution in [2.45, 2.75) is 13.5 Å². The molecule has 0 aliphatic carbocycles. The molecule has 0 aliphatic heterocycles. The molecule has 3 aromatic rings. The number of nitrogens with zero attached hydrogens (tertiary/aromatic N) is 3. The van der Waals surface area contributed by atoms with E-state index >= 15 is 0 Å². The van der Waals surface area contributed by atoms with Crippen LogP contribution in [0.15, 0.2) is 48.5 Å². The summed E-state index contributed by atoms with van der Waals surface area (Å²) in [6.07, 6.45) is 0. The first-order valence-corrected chi connectivity index (χ1v) is 7.21. The lowest BCUT2D eigenvalue weighted by molar-refractivity contribution is 0.871. The largest absolute Gasteiger partial charge is 0.353 e. The Morgan fingerprint density at radius 3 is 2.38 bits per heavy atom. The van der Waals surface area contributed by atoms with Gasteiger partial charge in [0.25, 0.3) is 0 Å². The molecule has 0 aliphatic rings. The van der Waals surface area contributed by atoms with E-state index in [1.165, 1.54) is 11.1 Å². The molecule has 0 saturated carbocycles. The van der Waals surface area contributed by atoms with Crippen molar-refractivity contribution in [1.82, 2.24) is 10.2 Å². The van der Waals surface area contributed by atoms with Gasteiger partial charge in [0.2, 0.25) is 0 Å². The quantitative estimate of drug-likeness (QED) is 0.724. The van der Waals surface area contributed by atoms with Crippen LogP contribution in [0.5, 0.6) is 0 Å². The average molecular weight is 298 g/mol. The number of rotatable bonds is 3. The number of hydrogen-bond acceptors (Lipinski definition) is 3. The second-order valence-corrected chi connectivity index (χ2v) is 5.50. The van der Waals surface area contributed by atoms with Crippen molar-refractivity contribution in [1.29, 1.82) is 0 Å². The molecule has 0 N–H and O–H groups in total. The van der Waals surface area contributed by atoms with E-state index < -0.39 is 0 Å². The number of fused-ring (bicyclic) bond motifs is 1. The highest BCUT2D eigenvalue weighted by molar-refractivity contribution is 6.34. The van der Waals surface area contributed by atoms with Gasteiger partial charge in [0, 0.05) is 24.4 Å². The Morgan fingerprint density at radius 2 is 1.62 bits per heavy atom. The first-order valence-electron chi connectivity index (χ1n) is 6.83. The monoisotopic (exact) mass is 297 g/mol. The van der Waals surface area contributed by atoms with Gasteiger partial charge in [-0.2, -0.15) is 0 Å². The van der Waals surface area contributed by atoms with Crippen LogP contribution in [-0.2, 0) is 6.54 Å². The maximum atomic E-state index is 6.13. The molecule has 1 heterocycles. The molecule has 2 aromatic carbocycles. The minimum atomic E-state index is 0.443. The van der Waals surface area contributed by atoms with E-state index in [-0.39, 0.29) is 0 Å². The fourth-order valence-electron chi connectivity index (χ4n) is 2.46. The van der Waals surface area contributed by atoms with E-state index in [9.17, 15) is 0 Å². The number of halogens is 1. The van der Waals surface area contributed by atoms with Crippen LogP contribution in [0.25, 0.3) is 10.8 Å². The van der Waals surface area contributed by atoms with Gasteiger partial charge in [-0.15, -0.1) is 10.2 Å². The number of hydrogen-bond donors (Lipinski definition) is 0. The van der Waals surface area contributed by atoms with Crippen molar-refractivity contribution in [3.8, 4) is 0 Å². The Labute approximate surface area is 129 Å². The van der Waals surface area contributed by atoms with E-state index in [1.807, 2.05) is 31.3 Å². The van der Waals surface area contributed by atoms with E-state index in [0.29, 0.717) is 5.15 Å². The van der Waals surface area contributed by atoms with Crippen LogP contribution in [0.4, 0.5) is 5.82 Å². The number of anilines is 1. The van der Waals surface area contributed by atoms with Crippen LogP contribution in [0.3, 0.4) is 0 Å². The molecule has 0 saturated heterocycles. The maximum Gasteiger partial charge on any atom is 0.159 e. The normalized spacial score (nSPS) is 10.8. The Balaban J connectivity index is 2.01. The first kappa shape index (κ1) is 13.8. The molecule has 0 atom stereocenters. The predicted molar refractivity (Wildman–Crippen MR) is 87.8 cm³/mol. The minimum absolute atomic E-state index is 0.443. The SMILES string of the molecule is Cc1ccccc1CN(C)c1nnc(Cl)c2ccccc12. The molecule has 3 rings (SSSR count). The third-order valence-electron chi connectivity index (χ3n) is 3.65. The Kier molecular flexibility index (Phi) is 3.76. The Bertz CT molecular complexity index is 786. The van der Waals surface area contributed by atoms with Crippen LogP contribution in [-0.4, -0.2) is 17.2 Å². The van der Waals surface area contributed by atoms with Gasteiger partial charge in [0.15, 0.2) is 11.0 Å². The smallest absolute Gasteiger partial charge is 0.159 e. The summed E-state index contributed by atoms with van der Waals surface area (Å²) in [6, 6.07) is 16.3. The van der Waals surface area contributed by atoms with E-state index in [4.69, 9.17) is 11.6 Å². The van der Waals surface area contributed by atoms with Gasteiger partial charge >= 0.3 is 0 Å². The van der Waals surface area contributed by atoms with Gasteiger partial charge < -0.3 is 4.90 Å². The molecule has 0 radical (unpaired) electrons. The van der Waals surface area contributed by atoms with Gasteiger partial charge in [0.1, 0.15) is 0 Å². The molecule has 3 nitrogen and oxygen atoms in total. The summed E-state index contributed by atoms with van der Waals surface area (Å²) in [7, 11) is 2.02. The fraction of sp³-hybridized carbons (Fsp3) is 0.176. The van der Waals surface area contributed by atoms with Crippen LogP contribution in [0.2, 0.25) is 5.15 Å². The summed E-state index contributed by atoms with van der Waals surface area (Å²) in [5, 5.41) is 10.7. The highest BCUT2D eigenvalue weighted by atomic mass is 35.5. The number of benzene rings is 2. The highest BCUT2D eigenvalue weighted by Crippen LogP contribution is 2.28. The van der Waals surface area contributed by atoms with Gasteiger partial charge in [-0.25, -0.2) is 0 Å². The molecule has 4 heteroatoms. The zero-order chi connectivity index (χ0) is 14.8. The van der Waals surface area contributed by atoms with Gasteiger partial charge in [-0.1, -0.05) is 60.1 Å². The molecular weight excluding hydrogens is 282 g/mol. The molecule has 1 aromatic heterocycles. The molecule has 106 valence electrons. The van der Waals surface area contributed by atoms with Crippen molar-refractivity contribution in [2.24, 2.45) is 0 Å². The molecule has 0 spiro atoms. The number of aromatic nitrogens is 2. The van der Waals surface area contributed by atoms with Crippen molar-refractivity contribution < 1.29 is 0 Å². The van der Waals surface area contributed by atoms with E-state index in [0.717, 1.165) is 23.1 Å². The zero-order valence-electron chi connectivity index (χ0n) is 12.0. The maximum absolute atomic E-state index is 6.13.